The molecule has 0 fully saturated rings. The van der Waals surface area contributed by atoms with E-state index in [0.717, 1.165) is 62.8 Å². The second-order valence-electron chi connectivity index (χ2n) is 14.4. The summed E-state index contributed by atoms with van der Waals surface area (Å²) in [7, 11) is 0. The molecule has 0 atom stereocenters. The molecule has 2 aromatic carbocycles. The van der Waals surface area contributed by atoms with Crippen molar-refractivity contribution in [1.82, 2.24) is 0 Å². The predicted molar refractivity (Wildman–Crippen MR) is 207 cm³/mol. The minimum atomic E-state index is 0. The minimum absolute atomic E-state index is 0. The Labute approximate surface area is 307 Å². The second-order valence-corrected chi connectivity index (χ2v) is 14.4. The number of benzene rings is 2. The van der Waals surface area contributed by atoms with E-state index >= 15 is 0 Å². The molecule has 48 heavy (non-hydrogen) atoms. The largest absolute Gasteiger partial charge is 0.493 e. The van der Waals surface area contributed by atoms with Crippen LogP contribution in [0.4, 0.5) is 0 Å². The molecule has 0 bridgehead atoms. The van der Waals surface area contributed by atoms with Crippen molar-refractivity contribution < 1.29 is 21.2 Å². The fourth-order valence-corrected chi connectivity index (χ4v) is 7.38. The molecule has 0 saturated carbocycles. The monoisotopic (exact) mass is 696 g/mol. The number of hydrogen-bond acceptors (Lipinski definition) is 0. The van der Waals surface area contributed by atoms with Crippen molar-refractivity contribution in [3.63, 3.8) is 0 Å². The summed E-state index contributed by atoms with van der Waals surface area (Å²) < 4.78 is 1.66. The van der Waals surface area contributed by atoms with Crippen LogP contribution in [0.5, 0.6) is 0 Å². The Morgan fingerprint density at radius 3 is 0.938 bits per heavy atom. The van der Waals surface area contributed by atoms with Crippen LogP contribution in [0.3, 0.4) is 0 Å². The van der Waals surface area contributed by atoms with Crippen molar-refractivity contribution in [3.8, 4) is 0 Å². The smallest absolute Gasteiger partial charge is 0.211 e. The van der Waals surface area contributed by atoms with Gasteiger partial charge in [-0.2, -0.15) is 0 Å². The third-order valence-corrected chi connectivity index (χ3v) is 10.1. The Hall–Kier alpha value is -1.99. The summed E-state index contributed by atoms with van der Waals surface area (Å²) in [6, 6.07) is 14.6. The van der Waals surface area contributed by atoms with Gasteiger partial charge >= 0.3 is 0 Å². The van der Waals surface area contributed by atoms with Gasteiger partial charge in [0.15, 0.2) is 0 Å². The SMILES string of the molecule is CCCCCC1=C(c2cc(CCCCC)cc(CCCCC)c2)[N+](=[N-])C(c2cc(CCCCC)cc(CCCCC)c2)=C1CCCC.[Ni]. The Morgan fingerprint density at radius 1 is 0.375 bits per heavy atom. The molecular formula is C45H70N2Ni. The first-order valence-electron chi connectivity index (χ1n) is 20.2. The van der Waals surface area contributed by atoms with E-state index in [1.807, 2.05) is 0 Å². The summed E-state index contributed by atoms with van der Waals surface area (Å²) >= 11 is 0. The minimum Gasteiger partial charge on any atom is -0.493 e. The summed E-state index contributed by atoms with van der Waals surface area (Å²) in [6.07, 6.45) is 27.5. The number of unbranched alkanes of at least 4 members (excludes halogenated alkanes) is 11. The fraction of sp³-hybridized carbons (Fsp3) is 0.644. The molecule has 270 valence electrons. The van der Waals surface area contributed by atoms with E-state index in [2.05, 4.69) is 77.9 Å². The normalized spacial score (nSPS) is 13.2. The molecule has 0 saturated heterocycles. The molecule has 1 aliphatic heterocycles. The van der Waals surface area contributed by atoms with Crippen molar-refractivity contribution in [3.05, 3.63) is 86.5 Å². The van der Waals surface area contributed by atoms with Crippen LogP contribution in [0, 0.1) is 0 Å². The molecular weight excluding hydrogens is 627 g/mol. The van der Waals surface area contributed by atoms with Crippen LogP contribution in [0.2, 0.25) is 0 Å². The van der Waals surface area contributed by atoms with Gasteiger partial charge in [-0.3, -0.25) is 0 Å². The third kappa shape index (κ3) is 13.0. The molecule has 0 aliphatic carbocycles. The van der Waals surface area contributed by atoms with Gasteiger partial charge < -0.3 is 5.53 Å². The Balaban J connectivity index is 0.00000800. The van der Waals surface area contributed by atoms with E-state index in [4.69, 9.17) is 0 Å². The van der Waals surface area contributed by atoms with Gasteiger partial charge in [0, 0.05) is 38.8 Å². The van der Waals surface area contributed by atoms with E-state index in [9.17, 15) is 5.53 Å². The van der Waals surface area contributed by atoms with Crippen molar-refractivity contribution in [2.24, 2.45) is 0 Å². The molecule has 0 aromatic heterocycles. The Bertz CT molecular complexity index is 1240. The summed E-state index contributed by atoms with van der Waals surface area (Å²) in [5, 5.41) is 0. The van der Waals surface area contributed by atoms with Gasteiger partial charge in [0.2, 0.25) is 11.4 Å². The molecule has 3 heteroatoms. The molecule has 3 rings (SSSR count). The first kappa shape index (κ1) is 42.2. The van der Waals surface area contributed by atoms with Crippen LogP contribution in [0.1, 0.15) is 197 Å². The third-order valence-electron chi connectivity index (χ3n) is 10.1. The molecule has 0 radical (unpaired) electrons. The Morgan fingerprint density at radius 2 is 0.646 bits per heavy atom. The molecule has 2 nitrogen and oxygen atoms in total. The predicted octanol–water partition coefficient (Wildman–Crippen LogP) is 14.6. The quantitative estimate of drug-likeness (QED) is 0.0561. The average Bonchev–Trinajstić information content (AvgIpc) is 3.34. The van der Waals surface area contributed by atoms with Crippen LogP contribution in [-0.2, 0) is 42.2 Å². The molecule has 1 heterocycles. The van der Waals surface area contributed by atoms with Crippen molar-refractivity contribution in [1.29, 1.82) is 0 Å². The number of rotatable bonds is 25. The van der Waals surface area contributed by atoms with Gasteiger partial charge in [-0.05, 0) is 124 Å². The van der Waals surface area contributed by atoms with E-state index in [1.165, 1.54) is 141 Å². The van der Waals surface area contributed by atoms with Gasteiger partial charge in [0.25, 0.3) is 0 Å². The second kappa shape index (κ2) is 24.2. The molecule has 0 spiro atoms. The van der Waals surface area contributed by atoms with Crippen molar-refractivity contribution >= 4 is 11.4 Å². The zero-order chi connectivity index (χ0) is 33.9. The van der Waals surface area contributed by atoms with E-state index < -0.39 is 0 Å². The molecule has 0 amide bonds. The van der Waals surface area contributed by atoms with Gasteiger partial charge in [-0.25, -0.2) is 4.70 Å². The molecule has 2 aromatic rings. The fourth-order valence-electron chi connectivity index (χ4n) is 7.38. The summed E-state index contributed by atoms with van der Waals surface area (Å²) in [4.78, 5) is 0. The topological polar surface area (TPSA) is 25.3 Å². The van der Waals surface area contributed by atoms with Crippen molar-refractivity contribution in [2.45, 2.75) is 189 Å². The summed E-state index contributed by atoms with van der Waals surface area (Å²) in [5.74, 6) is 0. The maximum absolute atomic E-state index is 12.5. The maximum atomic E-state index is 12.5. The van der Waals surface area contributed by atoms with Gasteiger partial charge in [-0.1, -0.05) is 124 Å². The number of nitrogens with zero attached hydrogens (tertiary/aromatic N) is 2. The van der Waals surface area contributed by atoms with Gasteiger partial charge in [0.1, 0.15) is 0 Å². The van der Waals surface area contributed by atoms with Crippen LogP contribution >= 0.6 is 0 Å². The standard InChI is InChI=1S/C45H70N2.Ni/c1-7-13-19-24-36-30-37(25-20-14-8-2)33-40(32-36)44-42(28-18-12-6)43(29-23-17-11-5)45(47(44)46)41-34-38(26-21-15-9-3)31-39(35-41)27-22-16-10-4;/h30-35H,7-29H2,1-6H3;. The van der Waals surface area contributed by atoms with E-state index in [-0.39, 0.29) is 16.5 Å². The first-order valence-corrected chi connectivity index (χ1v) is 20.2. The number of allylic oxidation sites excluding steroid dienone is 2. The van der Waals surface area contributed by atoms with Crippen LogP contribution in [0.15, 0.2) is 47.5 Å². The molecule has 1 aliphatic rings. The number of aryl methyl sites for hydroxylation is 4. The maximum Gasteiger partial charge on any atom is 0.211 e. The van der Waals surface area contributed by atoms with Crippen molar-refractivity contribution in [2.75, 3.05) is 0 Å². The average molecular weight is 698 g/mol. The van der Waals surface area contributed by atoms with Gasteiger partial charge in [0.05, 0.1) is 0 Å². The Kier molecular flexibility index (Phi) is 21.3. The molecule has 0 unspecified atom stereocenters. The van der Waals surface area contributed by atoms with E-state index in [0.29, 0.717) is 0 Å². The number of hydrogen-bond donors (Lipinski definition) is 0. The first-order chi connectivity index (χ1) is 23.0. The summed E-state index contributed by atoms with van der Waals surface area (Å²) in [6.45, 7) is 13.8. The van der Waals surface area contributed by atoms with Gasteiger partial charge in [-0.15, -0.1) is 0 Å². The zero-order valence-electron chi connectivity index (χ0n) is 31.9. The van der Waals surface area contributed by atoms with E-state index in [1.54, 1.807) is 4.70 Å². The molecule has 0 N–H and O–H groups in total. The zero-order valence-corrected chi connectivity index (χ0v) is 32.9. The summed E-state index contributed by atoms with van der Waals surface area (Å²) in [5.41, 5.74) is 25.6. The van der Waals surface area contributed by atoms with Crippen LogP contribution < -0.4 is 0 Å². The van der Waals surface area contributed by atoms with Crippen LogP contribution in [-0.4, -0.2) is 4.70 Å². The van der Waals surface area contributed by atoms with Crippen LogP contribution in [0.25, 0.3) is 16.9 Å².